The molecule has 0 spiro atoms. The number of aryl methyl sites for hydroxylation is 1. The number of furan rings is 1. The van der Waals surface area contributed by atoms with Gasteiger partial charge in [0.15, 0.2) is 5.76 Å². The summed E-state index contributed by atoms with van der Waals surface area (Å²) in [6.45, 7) is 1.69. The lowest BCUT2D eigenvalue weighted by atomic mass is 10.1. The topological polar surface area (TPSA) is 127 Å². The lowest BCUT2D eigenvalue weighted by molar-refractivity contribution is -0.385. The molecule has 0 aliphatic rings. The van der Waals surface area contributed by atoms with E-state index >= 15 is 0 Å². The normalized spacial score (nSPS) is 10.7. The molecule has 23 heavy (non-hydrogen) atoms. The second-order valence-corrected chi connectivity index (χ2v) is 4.45. The van der Waals surface area contributed by atoms with Crippen LogP contribution >= 0.6 is 0 Å². The number of phenolic OH excluding ortho intramolecular Hbond substituents is 1. The van der Waals surface area contributed by atoms with Crippen molar-refractivity contribution in [3.63, 3.8) is 0 Å². The van der Waals surface area contributed by atoms with Crippen LogP contribution < -0.4 is 10.2 Å². The van der Waals surface area contributed by atoms with E-state index in [1.165, 1.54) is 19.2 Å². The Balaban J connectivity index is 2.20. The van der Waals surface area contributed by atoms with Gasteiger partial charge in [0.25, 0.3) is 0 Å². The number of ether oxygens (including phenoxy) is 1. The molecule has 9 heteroatoms. The average molecular weight is 319 g/mol. The number of benzene rings is 1. The molecule has 0 atom stereocenters. The van der Waals surface area contributed by atoms with Crippen LogP contribution in [0.15, 0.2) is 33.8 Å². The van der Waals surface area contributed by atoms with Crippen LogP contribution in [0.2, 0.25) is 0 Å². The van der Waals surface area contributed by atoms with Crippen molar-refractivity contribution in [3.8, 4) is 11.5 Å². The largest absolute Gasteiger partial charge is 0.502 e. The fraction of sp³-hybridized carbons (Fsp3) is 0.143. The summed E-state index contributed by atoms with van der Waals surface area (Å²) in [6.07, 6.45) is 1.07. The maximum atomic E-state index is 11.7. The van der Waals surface area contributed by atoms with E-state index in [0.717, 1.165) is 12.3 Å². The molecule has 1 amide bonds. The number of nitrogens with zero attached hydrogens (tertiary/aromatic N) is 2. The van der Waals surface area contributed by atoms with Crippen molar-refractivity contribution in [1.82, 2.24) is 5.43 Å². The van der Waals surface area contributed by atoms with Crippen LogP contribution in [0.5, 0.6) is 11.5 Å². The Hall–Kier alpha value is -3.36. The Morgan fingerprint density at radius 1 is 1.48 bits per heavy atom. The molecule has 0 aliphatic heterocycles. The average Bonchev–Trinajstić information content (AvgIpc) is 2.95. The molecule has 0 aliphatic carbocycles. The van der Waals surface area contributed by atoms with Crippen LogP contribution in [-0.2, 0) is 0 Å². The minimum absolute atomic E-state index is 0.0203. The first kappa shape index (κ1) is 16.0. The second-order valence-electron chi connectivity index (χ2n) is 4.45. The van der Waals surface area contributed by atoms with Crippen molar-refractivity contribution in [2.24, 2.45) is 5.10 Å². The zero-order valence-electron chi connectivity index (χ0n) is 12.3. The molecule has 1 aromatic heterocycles. The van der Waals surface area contributed by atoms with Crippen LogP contribution in [0.25, 0.3) is 0 Å². The molecular weight excluding hydrogens is 306 g/mol. The number of hydrogen-bond acceptors (Lipinski definition) is 7. The van der Waals surface area contributed by atoms with Gasteiger partial charge in [-0.05, 0) is 25.1 Å². The number of aromatic hydroxyl groups is 1. The molecule has 2 N–H and O–H groups in total. The maximum Gasteiger partial charge on any atom is 0.315 e. The number of nitro groups is 1. The predicted octanol–water partition coefficient (Wildman–Crippen LogP) is 1.97. The first-order valence-electron chi connectivity index (χ1n) is 6.37. The number of rotatable bonds is 5. The number of phenols is 1. The summed E-state index contributed by atoms with van der Waals surface area (Å²) in [5, 5.41) is 24.4. The third-order valence-electron chi connectivity index (χ3n) is 2.86. The number of methoxy groups -OCH3 is 1. The molecule has 0 saturated carbocycles. The number of nitro benzene ring substituents is 1. The Morgan fingerprint density at radius 3 is 2.78 bits per heavy atom. The lowest BCUT2D eigenvalue weighted by Gasteiger charge is -2.04. The van der Waals surface area contributed by atoms with Gasteiger partial charge in [0.2, 0.25) is 5.75 Å². The number of carbonyl (C=O) groups is 1. The number of nitrogens with one attached hydrogen (secondary N) is 1. The minimum Gasteiger partial charge on any atom is -0.502 e. The quantitative estimate of drug-likeness (QED) is 0.493. The summed E-state index contributed by atoms with van der Waals surface area (Å²) in [6, 6.07) is 5.52. The van der Waals surface area contributed by atoms with Gasteiger partial charge in [-0.2, -0.15) is 5.10 Å². The number of hydrazone groups is 1. The highest BCUT2D eigenvalue weighted by Gasteiger charge is 2.19. The molecule has 120 valence electrons. The van der Waals surface area contributed by atoms with E-state index in [1.807, 2.05) is 0 Å². The number of hydrogen-bond donors (Lipinski definition) is 2. The van der Waals surface area contributed by atoms with E-state index in [9.17, 15) is 20.0 Å². The summed E-state index contributed by atoms with van der Waals surface area (Å²) in [7, 11) is 1.33. The van der Waals surface area contributed by atoms with Crippen molar-refractivity contribution < 1.29 is 24.0 Å². The molecule has 9 nitrogen and oxygen atoms in total. The number of amides is 1. The van der Waals surface area contributed by atoms with Gasteiger partial charge in [-0.25, -0.2) is 5.43 Å². The lowest BCUT2D eigenvalue weighted by Crippen LogP contribution is -2.16. The van der Waals surface area contributed by atoms with E-state index < -0.39 is 22.3 Å². The Bertz CT molecular complexity index is 781. The van der Waals surface area contributed by atoms with Gasteiger partial charge in [0.1, 0.15) is 11.5 Å². The van der Waals surface area contributed by atoms with E-state index in [4.69, 9.17) is 9.15 Å². The van der Waals surface area contributed by atoms with Crippen molar-refractivity contribution in [2.45, 2.75) is 6.92 Å². The molecular formula is C14H13N3O6. The molecule has 0 saturated heterocycles. The number of carbonyl (C=O) groups excluding carboxylic acids is 1. The highest BCUT2D eigenvalue weighted by Crippen LogP contribution is 2.33. The standard InChI is InChI=1S/C14H13N3O6/c1-8-3-4-12(23-8)14(19)16-15-7-9-5-10(22-2)6-11(13(9)18)17(20)21/h3-7,18H,1-2H3,(H,16,19)/b15-7-. The summed E-state index contributed by atoms with van der Waals surface area (Å²) in [5.41, 5.74) is 1.68. The summed E-state index contributed by atoms with van der Waals surface area (Å²) >= 11 is 0. The molecule has 1 aromatic carbocycles. The van der Waals surface area contributed by atoms with Gasteiger partial charge in [0, 0.05) is 5.56 Å². The molecule has 1 heterocycles. The van der Waals surface area contributed by atoms with Crippen molar-refractivity contribution in [2.75, 3.05) is 7.11 Å². The van der Waals surface area contributed by atoms with E-state index in [0.29, 0.717) is 5.76 Å². The zero-order valence-corrected chi connectivity index (χ0v) is 12.3. The first-order valence-corrected chi connectivity index (χ1v) is 6.37. The molecule has 2 rings (SSSR count). The highest BCUT2D eigenvalue weighted by atomic mass is 16.6. The molecule has 0 bridgehead atoms. The third-order valence-corrected chi connectivity index (χ3v) is 2.86. The smallest absolute Gasteiger partial charge is 0.315 e. The predicted molar refractivity (Wildman–Crippen MR) is 79.8 cm³/mol. The van der Waals surface area contributed by atoms with Crippen molar-refractivity contribution in [3.05, 3.63) is 51.5 Å². The van der Waals surface area contributed by atoms with Gasteiger partial charge in [0.05, 0.1) is 24.3 Å². The summed E-state index contributed by atoms with van der Waals surface area (Å²) < 4.78 is 10.0. The monoisotopic (exact) mass is 319 g/mol. The van der Waals surface area contributed by atoms with Crippen molar-refractivity contribution >= 4 is 17.8 Å². The zero-order chi connectivity index (χ0) is 17.0. The second kappa shape index (κ2) is 6.60. The summed E-state index contributed by atoms with van der Waals surface area (Å²) in [4.78, 5) is 21.8. The fourth-order valence-electron chi connectivity index (χ4n) is 1.74. The molecule has 0 radical (unpaired) electrons. The van der Waals surface area contributed by atoms with E-state index in [2.05, 4.69) is 10.5 Å². The van der Waals surface area contributed by atoms with E-state index in [1.54, 1.807) is 13.0 Å². The highest BCUT2D eigenvalue weighted by molar-refractivity contribution is 5.93. The molecule has 0 fully saturated rings. The summed E-state index contributed by atoms with van der Waals surface area (Å²) in [5.74, 6) is -0.362. The van der Waals surface area contributed by atoms with Crippen LogP contribution in [0.4, 0.5) is 5.69 Å². The van der Waals surface area contributed by atoms with Gasteiger partial charge in [-0.1, -0.05) is 0 Å². The molecule has 0 unspecified atom stereocenters. The third kappa shape index (κ3) is 3.64. The Labute approximate surface area is 130 Å². The van der Waals surface area contributed by atoms with Gasteiger partial charge in [-0.15, -0.1) is 0 Å². The van der Waals surface area contributed by atoms with Crippen LogP contribution in [0, 0.1) is 17.0 Å². The Morgan fingerprint density at radius 2 is 2.22 bits per heavy atom. The van der Waals surface area contributed by atoms with E-state index in [-0.39, 0.29) is 17.1 Å². The maximum absolute atomic E-state index is 11.7. The molecule has 2 aromatic rings. The fourth-order valence-corrected chi connectivity index (χ4v) is 1.74. The van der Waals surface area contributed by atoms with Gasteiger partial charge < -0.3 is 14.3 Å². The van der Waals surface area contributed by atoms with Crippen LogP contribution in [0.3, 0.4) is 0 Å². The Kier molecular flexibility index (Phi) is 4.60. The van der Waals surface area contributed by atoms with Gasteiger partial charge >= 0.3 is 11.6 Å². The van der Waals surface area contributed by atoms with Crippen LogP contribution in [0.1, 0.15) is 21.9 Å². The minimum atomic E-state index is -0.751. The first-order chi connectivity index (χ1) is 10.9. The van der Waals surface area contributed by atoms with Crippen molar-refractivity contribution in [1.29, 1.82) is 0 Å². The van der Waals surface area contributed by atoms with Crippen LogP contribution in [-0.4, -0.2) is 29.3 Å². The SMILES string of the molecule is COc1cc(/C=N\NC(=O)c2ccc(C)o2)c(O)c([N+](=O)[O-])c1. The van der Waals surface area contributed by atoms with Gasteiger partial charge in [-0.3, -0.25) is 14.9 Å².